The molecule has 0 spiro atoms. The number of benzene rings is 1. The Bertz CT molecular complexity index is 458. The van der Waals surface area contributed by atoms with Crippen molar-refractivity contribution in [1.82, 2.24) is 0 Å². The third kappa shape index (κ3) is 2.88. The molecule has 1 saturated carbocycles. The van der Waals surface area contributed by atoms with Crippen LogP contribution in [0.1, 0.15) is 25.3 Å². The Labute approximate surface area is 112 Å². The maximum absolute atomic E-state index is 8.84. The second kappa shape index (κ2) is 5.48. The van der Waals surface area contributed by atoms with E-state index >= 15 is 0 Å². The Hall–Kier alpha value is -1.42. The van der Waals surface area contributed by atoms with Crippen LogP contribution in [0.2, 0.25) is 5.02 Å². The van der Waals surface area contributed by atoms with E-state index in [1.165, 1.54) is 12.8 Å². The highest BCUT2D eigenvalue weighted by molar-refractivity contribution is 6.31. The Morgan fingerprint density at radius 2 is 2.28 bits per heavy atom. The third-order valence-corrected chi connectivity index (χ3v) is 3.48. The number of halogens is 1. The van der Waals surface area contributed by atoms with E-state index in [-0.39, 0.29) is 5.84 Å². The number of amidine groups is 1. The summed E-state index contributed by atoms with van der Waals surface area (Å²) >= 11 is 6.05. The maximum Gasteiger partial charge on any atom is 0.172 e. The zero-order valence-corrected chi connectivity index (χ0v) is 11.2. The van der Waals surface area contributed by atoms with E-state index in [0.717, 1.165) is 30.3 Å². The van der Waals surface area contributed by atoms with Gasteiger partial charge in [-0.2, -0.15) is 0 Å². The summed E-state index contributed by atoms with van der Waals surface area (Å²) in [6.45, 7) is 3.98. The van der Waals surface area contributed by atoms with Crippen molar-refractivity contribution in [3.8, 4) is 0 Å². The average Bonchev–Trinajstić information content (AvgIpc) is 3.19. The van der Waals surface area contributed by atoms with Gasteiger partial charge in [-0.05, 0) is 43.9 Å². The fourth-order valence-corrected chi connectivity index (χ4v) is 2.21. The molecule has 1 aliphatic carbocycles. The summed E-state index contributed by atoms with van der Waals surface area (Å²) < 4.78 is 0. The van der Waals surface area contributed by atoms with Gasteiger partial charge in [0.1, 0.15) is 0 Å². The van der Waals surface area contributed by atoms with Gasteiger partial charge in [-0.3, -0.25) is 0 Å². The summed E-state index contributed by atoms with van der Waals surface area (Å²) in [6, 6.07) is 5.42. The summed E-state index contributed by atoms with van der Waals surface area (Å²) in [4.78, 5) is 2.23. The number of rotatable bonds is 5. The van der Waals surface area contributed by atoms with Crippen molar-refractivity contribution in [3.63, 3.8) is 0 Å². The van der Waals surface area contributed by atoms with Crippen molar-refractivity contribution < 1.29 is 5.21 Å². The molecule has 0 unspecified atom stereocenters. The SMILES string of the molecule is CCN(CC1CC1)c1cc(Cl)ccc1C(N)=NO. The number of hydrogen-bond donors (Lipinski definition) is 2. The van der Waals surface area contributed by atoms with E-state index < -0.39 is 0 Å². The highest BCUT2D eigenvalue weighted by atomic mass is 35.5. The van der Waals surface area contributed by atoms with Crippen LogP contribution in [0.3, 0.4) is 0 Å². The summed E-state index contributed by atoms with van der Waals surface area (Å²) in [7, 11) is 0. The molecule has 18 heavy (non-hydrogen) atoms. The van der Waals surface area contributed by atoms with Gasteiger partial charge >= 0.3 is 0 Å². The molecular formula is C13H18ClN3O. The molecule has 0 aromatic heterocycles. The van der Waals surface area contributed by atoms with E-state index in [1.807, 2.05) is 6.07 Å². The monoisotopic (exact) mass is 267 g/mol. The van der Waals surface area contributed by atoms with Crippen LogP contribution < -0.4 is 10.6 Å². The molecule has 0 bridgehead atoms. The summed E-state index contributed by atoms with van der Waals surface area (Å²) in [5, 5.41) is 12.6. The molecule has 3 N–H and O–H groups in total. The molecule has 1 aliphatic rings. The molecule has 2 rings (SSSR count). The molecule has 0 atom stereocenters. The predicted molar refractivity (Wildman–Crippen MR) is 74.6 cm³/mol. The Balaban J connectivity index is 2.35. The zero-order chi connectivity index (χ0) is 13.1. The van der Waals surface area contributed by atoms with Gasteiger partial charge in [-0.15, -0.1) is 0 Å². The second-order valence-electron chi connectivity index (χ2n) is 4.63. The van der Waals surface area contributed by atoms with Crippen LogP contribution in [0.25, 0.3) is 0 Å². The third-order valence-electron chi connectivity index (χ3n) is 3.24. The first-order valence-electron chi connectivity index (χ1n) is 6.18. The van der Waals surface area contributed by atoms with Gasteiger partial charge in [0.2, 0.25) is 0 Å². The smallest absolute Gasteiger partial charge is 0.172 e. The normalized spacial score (nSPS) is 15.8. The molecule has 0 radical (unpaired) electrons. The lowest BCUT2D eigenvalue weighted by Crippen LogP contribution is -2.28. The van der Waals surface area contributed by atoms with Crippen LogP contribution in [0.15, 0.2) is 23.4 Å². The Morgan fingerprint density at radius 1 is 1.56 bits per heavy atom. The number of nitrogens with two attached hydrogens (primary N) is 1. The molecule has 1 aromatic rings. The molecule has 4 nitrogen and oxygen atoms in total. The molecule has 0 amide bonds. The van der Waals surface area contributed by atoms with Crippen molar-refractivity contribution >= 4 is 23.1 Å². The van der Waals surface area contributed by atoms with Gasteiger partial charge in [0.25, 0.3) is 0 Å². The van der Waals surface area contributed by atoms with E-state index in [0.29, 0.717) is 5.02 Å². The fraction of sp³-hybridized carbons (Fsp3) is 0.462. The molecular weight excluding hydrogens is 250 g/mol. The molecule has 0 saturated heterocycles. The quantitative estimate of drug-likeness (QED) is 0.373. The first kappa shape index (κ1) is 13.0. The van der Waals surface area contributed by atoms with Gasteiger partial charge in [0.05, 0.1) is 0 Å². The highest BCUT2D eigenvalue weighted by Gasteiger charge is 2.25. The van der Waals surface area contributed by atoms with Crippen LogP contribution in [0.4, 0.5) is 5.69 Å². The van der Waals surface area contributed by atoms with Crippen molar-refractivity contribution in [2.24, 2.45) is 16.8 Å². The topological polar surface area (TPSA) is 61.8 Å². The van der Waals surface area contributed by atoms with Crippen molar-refractivity contribution in [3.05, 3.63) is 28.8 Å². The van der Waals surface area contributed by atoms with E-state index in [9.17, 15) is 0 Å². The number of hydrogen-bond acceptors (Lipinski definition) is 3. The molecule has 0 aliphatic heterocycles. The van der Waals surface area contributed by atoms with Crippen molar-refractivity contribution in [2.45, 2.75) is 19.8 Å². The zero-order valence-electron chi connectivity index (χ0n) is 10.4. The van der Waals surface area contributed by atoms with E-state index in [2.05, 4.69) is 17.0 Å². The summed E-state index contributed by atoms with van der Waals surface area (Å²) in [5.41, 5.74) is 7.38. The minimum atomic E-state index is 0.121. The van der Waals surface area contributed by atoms with E-state index in [1.54, 1.807) is 12.1 Å². The molecule has 0 heterocycles. The maximum atomic E-state index is 8.84. The van der Waals surface area contributed by atoms with Crippen LogP contribution in [0, 0.1) is 5.92 Å². The number of nitrogens with zero attached hydrogens (tertiary/aromatic N) is 2. The average molecular weight is 268 g/mol. The minimum Gasteiger partial charge on any atom is -0.409 e. The minimum absolute atomic E-state index is 0.121. The van der Waals surface area contributed by atoms with Crippen LogP contribution in [-0.4, -0.2) is 24.1 Å². The summed E-state index contributed by atoms with van der Waals surface area (Å²) in [5.74, 6) is 0.889. The number of anilines is 1. The predicted octanol–water partition coefficient (Wildman–Crippen LogP) is 2.67. The molecule has 1 fully saturated rings. The first-order chi connectivity index (χ1) is 8.65. The molecule has 1 aromatic carbocycles. The molecule has 5 heteroatoms. The first-order valence-corrected chi connectivity index (χ1v) is 6.56. The largest absolute Gasteiger partial charge is 0.409 e. The van der Waals surface area contributed by atoms with Gasteiger partial charge in [-0.1, -0.05) is 16.8 Å². The second-order valence-corrected chi connectivity index (χ2v) is 5.07. The van der Waals surface area contributed by atoms with Crippen molar-refractivity contribution in [1.29, 1.82) is 0 Å². The van der Waals surface area contributed by atoms with Crippen LogP contribution in [-0.2, 0) is 0 Å². The lowest BCUT2D eigenvalue weighted by molar-refractivity contribution is 0.318. The summed E-state index contributed by atoms with van der Waals surface area (Å²) in [6.07, 6.45) is 2.58. The lowest BCUT2D eigenvalue weighted by atomic mass is 10.1. The van der Waals surface area contributed by atoms with Crippen LogP contribution >= 0.6 is 11.6 Å². The standard InChI is InChI=1S/C13H18ClN3O/c1-2-17(8-9-3-4-9)12-7-10(14)5-6-11(12)13(15)16-18/h5-7,9,18H,2-4,8H2,1H3,(H2,15,16). The van der Waals surface area contributed by atoms with Gasteiger partial charge in [0.15, 0.2) is 5.84 Å². The highest BCUT2D eigenvalue weighted by Crippen LogP contribution is 2.33. The van der Waals surface area contributed by atoms with Crippen LogP contribution in [0.5, 0.6) is 0 Å². The van der Waals surface area contributed by atoms with Gasteiger partial charge in [-0.25, -0.2) is 0 Å². The Morgan fingerprint density at radius 3 is 2.83 bits per heavy atom. The van der Waals surface area contributed by atoms with Gasteiger partial charge < -0.3 is 15.8 Å². The molecule has 98 valence electrons. The number of oxime groups is 1. The van der Waals surface area contributed by atoms with Gasteiger partial charge in [0, 0.05) is 29.4 Å². The fourth-order valence-electron chi connectivity index (χ4n) is 2.05. The van der Waals surface area contributed by atoms with E-state index in [4.69, 9.17) is 22.5 Å². The lowest BCUT2D eigenvalue weighted by Gasteiger charge is -2.25. The Kier molecular flexibility index (Phi) is 3.97. The van der Waals surface area contributed by atoms with Crippen molar-refractivity contribution in [2.75, 3.05) is 18.0 Å².